The summed E-state index contributed by atoms with van der Waals surface area (Å²) in [6.07, 6.45) is 2.70. The van der Waals surface area contributed by atoms with E-state index in [1.165, 1.54) is 0 Å². The zero-order valence-corrected chi connectivity index (χ0v) is 20.7. The van der Waals surface area contributed by atoms with Gasteiger partial charge < -0.3 is 5.32 Å². The van der Waals surface area contributed by atoms with Gasteiger partial charge in [-0.1, -0.05) is 75.2 Å². The van der Waals surface area contributed by atoms with Crippen molar-refractivity contribution < 1.29 is 4.79 Å². The topological polar surface area (TPSA) is 114 Å². The van der Waals surface area contributed by atoms with Gasteiger partial charge in [0.05, 0.1) is 0 Å². The average Bonchev–Trinajstić information content (AvgIpc) is 3.53. The van der Waals surface area contributed by atoms with E-state index in [2.05, 4.69) is 74.1 Å². The summed E-state index contributed by atoms with van der Waals surface area (Å²) in [6.45, 7) is 8.97. The molecule has 0 saturated heterocycles. The summed E-state index contributed by atoms with van der Waals surface area (Å²) in [6, 6.07) is 16.4. The first kappa shape index (κ1) is 24.3. The highest BCUT2D eigenvalue weighted by Crippen LogP contribution is 2.30. The highest BCUT2D eigenvalue weighted by atomic mass is 16.2. The Hall–Kier alpha value is -3.88. The number of nitrogens with one attached hydrogen (secondary N) is 2. The van der Waals surface area contributed by atoms with Crippen LogP contribution in [0.15, 0.2) is 48.5 Å². The molecule has 9 heteroatoms. The molecule has 4 rings (SSSR count). The van der Waals surface area contributed by atoms with Gasteiger partial charge in [-0.05, 0) is 41.7 Å². The van der Waals surface area contributed by atoms with Crippen molar-refractivity contribution in [3.63, 3.8) is 0 Å². The number of aromatic amines is 1. The third-order valence-corrected chi connectivity index (χ3v) is 6.10. The summed E-state index contributed by atoms with van der Waals surface area (Å²) in [4.78, 5) is 17.2. The predicted octanol–water partition coefficient (Wildman–Crippen LogP) is 4.29. The molecule has 0 aliphatic rings. The molecule has 0 saturated carbocycles. The van der Waals surface area contributed by atoms with Crippen LogP contribution in [0.2, 0.25) is 0 Å². The largest absolute Gasteiger partial charge is 0.347 e. The second kappa shape index (κ2) is 11.0. The van der Waals surface area contributed by atoms with E-state index >= 15 is 0 Å². The number of hydrogen-bond acceptors (Lipinski definition) is 6. The molecule has 0 aliphatic heterocycles. The van der Waals surface area contributed by atoms with Crippen LogP contribution in [-0.2, 0) is 13.0 Å². The van der Waals surface area contributed by atoms with E-state index in [-0.39, 0.29) is 17.8 Å². The SMILES string of the molecule is CCC(CC)Cn1nc(C(=O)NC(C)C)nc1Cc1ccc(-c2ccccc2-c2nn[nH]n2)cc1. The van der Waals surface area contributed by atoms with E-state index in [4.69, 9.17) is 0 Å². The number of hydrogen-bond donors (Lipinski definition) is 2. The van der Waals surface area contributed by atoms with E-state index in [0.717, 1.165) is 47.5 Å². The van der Waals surface area contributed by atoms with Gasteiger partial charge in [0.25, 0.3) is 5.91 Å². The number of aromatic nitrogens is 7. The molecule has 0 fully saturated rings. The van der Waals surface area contributed by atoms with Crippen LogP contribution in [0.4, 0.5) is 0 Å². The van der Waals surface area contributed by atoms with Crippen molar-refractivity contribution in [2.75, 3.05) is 0 Å². The van der Waals surface area contributed by atoms with Crippen molar-refractivity contribution in [2.24, 2.45) is 5.92 Å². The van der Waals surface area contributed by atoms with Crippen LogP contribution >= 0.6 is 0 Å². The normalized spacial score (nSPS) is 11.4. The Kier molecular flexibility index (Phi) is 7.64. The molecule has 182 valence electrons. The maximum absolute atomic E-state index is 12.6. The number of amides is 1. The second-order valence-corrected chi connectivity index (χ2v) is 9.00. The van der Waals surface area contributed by atoms with Crippen molar-refractivity contribution in [3.05, 3.63) is 65.7 Å². The third-order valence-electron chi connectivity index (χ3n) is 6.10. The number of tetrazole rings is 1. The van der Waals surface area contributed by atoms with Crippen molar-refractivity contribution >= 4 is 5.91 Å². The first-order valence-corrected chi connectivity index (χ1v) is 12.1. The maximum atomic E-state index is 12.6. The van der Waals surface area contributed by atoms with Gasteiger partial charge in [-0.25, -0.2) is 9.67 Å². The molecular weight excluding hydrogens is 440 g/mol. The fraction of sp³-hybridized carbons (Fsp3) is 0.385. The molecule has 1 amide bonds. The second-order valence-electron chi connectivity index (χ2n) is 9.00. The molecule has 0 aliphatic carbocycles. The monoisotopic (exact) mass is 472 g/mol. The van der Waals surface area contributed by atoms with Crippen molar-refractivity contribution in [1.82, 2.24) is 40.7 Å². The van der Waals surface area contributed by atoms with Crippen molar-refractivity contribution in [1.29, 1.82) is 0 Å². The molecule has 0 bridgehead atoms. The minimum atomic E-state index is -0.238. The van der Waals surface area contributed by atoms with Crippen molar-refractivity contribution in [2.45, 2.75) is 59.5 Å². The Bertz CT molecular complexity index is 1240. The Morgan fingerprint density at radius 2 is 1.74 bits per heavy atom. The van der Waals surface area contributed by atoms with Gasteiger partial charge in [-0.15, -0.1) is 15.3 Å². The average molecular weight is 473 g/mol. The smallest absolute Gasteiger partial charge is 0.291 e. The van der Waals surface area contributed by atoms with Gasteiger partial charge in [0.15, 0.2) is 0 Å². The molecule has 0 spiro atoms. The number of rotatable bonds is 10. The number of nitrogens with zero attached hydrogens (tertiary/aromatic N) is 6. The molecule has 2 aromatic carbocycles. The molecule has 9 nitrogen and oxygen atoms in total. The Morgan fingerprint density at radius 3 is 2.37 bits per heavy atom. The first-order chi connectivity index (χ1) is 17.0. The summed E-state index contributed by atoms with van der Waals surface area (Å²) in [5, 5.41) is 21.9. The van der Waals surface area contributed by atoms with Gasteiger partial charge in [0, 0.05) is 24.6 Å². The van der Waals surface area contributed by atoms with E-state index < -0.39 is 0 Å². The summed E-state index contributed by atoms with van der Waals surface area (Å²) < 4.78 is 1.91. The number of carbonyl (C=O) groups is 1. The van der Waals surface area contributed by atoms with Crippen LogP contribution in [0.3, 0.4) is 0 Å². The highest BCUT2D eigenvalue weighted by molar-refractivity contribution is 5.90. The lowest BCUT2D eigenvalue weighted by Gasteiger charge is -2.14. The molecule has 4 aromatic rings. The maximum Gasteiger partial charge on any atom is 0.291 e. The minimum Gasteiger partial charge on any atom is -0.347 e. The number of carbonyl (C=O) groups excluding carboxylic acids is 1. The van der Waals surface area contributed by atoms with Gasteiger partial charge >= 0.3 is 0 Å². The quantitative estimate of drug-likeness (QED) is 0.356. The molecular formula is C26H32N8O. The van der Waals surface area contributed by atoms with Crippen molar-refractivity contribution in [3.8, 4) is 22.5 Å². The third kappa shape index (κ3) is 5.79. The molecule has 0 unspecified atom stereocenters. The summed E-state index contributed by atoms with van der Waals surface area (Å²) in [7, 11) is 0. The molecule has 2 heterocycles. The van der Waals surface area contributed by atoms with Crippen LogP contribution in [0.1, 0.15) is 62.5 Å². The van der Waals surface area contributed by atoms with Gasteiger partial charge in [0.1, 0.15) is 5.82 Å². The first-order valence-electron chi connectivity index (χ1n) is 12.1. The van der Waals surface area contributed by atoms with Crippen LogP contribution in [0, 0.1) is 5.92 Å². The zero-order chi connectivity index (χ0) is 24.8. The minimum absolute atomic E-state index is 0.0276. The van der Waals surface area contributed by atoms with E-state index in [9.17, 15) is 4.79 Å². The summed E-state index contributed by atoms with van der Waals surface area (Å²) in [5.74, 6) is 1.83. The standard InChI is InChI=1S/C26H32N8O/c1-5-18(6-2)16-34-23(28-25(31-34)26(35)27-17(3)4)15-19-11-13-20(14-12-19)21-9-7-8-10-22(21)24-29-32-33-30-24/h7-14,17-18H,5-6,15-16H2,1-4H3,(H,27,35)(H,29,30,32,33). The van der Waals surface area contributed by atoms with E-state index in [1.807, 2.05) is 42.8 Å². The lowest BCUT2D eigenvalue weighted by Crippen LogP contribution is -2.31. The number of benzene rings is 2. The molecule has 35 heavy (non-hydrogen) atoms. The Balaban J connectivity index is 1.59. The van der Waals surface area contributed by atoms with Crippen LogP contribution in [0.5, 0.6) is 0 Å². The molecule has 0 radical (unpaired) electrons. The fourth-order valence-electron chi connectivity index (χ4n) is 4.06. The van der Waals surface area contributed by atoms with Crippen LogP contribution in [-0.4, -0.2) is 47.3 Å². The highest BCUT2D eigenvalue weighted by Gasteiger charge is 2.19. The molecule has 2 N–H and O–H groups in total. The van der Waals surface area contributed by atoms with Crippen LogP contribution < -0.4 is 5.32 Å². The van der Waals surface area contributed by atoms with Gasteiger partial charge in [-0.2, -0.15) is 5.21 Å². The van der Waals surface area contributed by atoms with Gasteiger partial charge in [-0.3, -0.25) is 4.79 Å². The van der Waals surface area contributed by atoms with Crippen LogP contribution in [0.25, 0.3) is 22.5 Å². The molecule has 0 atom stereocenters. The van der Waals surface area contributed by atoms with E-state index in [0.29, 0.717) is 18.2 Å². The Labute approximate surface area is 205 Å². The zero-order valence-electron chi connectivity index (χ0n) is 20.7. The predicted molar refractivity (Wildman–Crippen MR) is 135 cm³/mol. The summed E-state index contributed by atoms with van der Waals surface area (Å²) >= 11 is 0. The summed E-state index contributed by atoms with van der Waals surface area (Å²) in [5.41, 5.74) is 4.11. The number of H-pyrrole nitrogens is 1. The van der Waals surface area contributed by atoms with Gasteiger partial charge in [0.2, 0.25) is 11.6 Å². The molecule has 2 aromatic heterocycles. The Morgan fingerprint density at radius 1 is 1.03 bits per heavy atom. The lowest BCUT2D eigenvalue weighted by molar-refractivity contribution is 0.0932. The lowest BCUT2D eigenvalue weighted by atomic mass is 9.97. The van der Waals surface area contributed by atoms with E-state index in [1.54, 1.807) is 0 Å². The fourth-order valence-corrected chi connectivity index (χ4v) is 4.06.